The van der Waals surface area contributed by atoms with Gasteiger partial charge < -0.3 is 14.5 Å². The van der Waals surface area contributed by atoms with Crippen LogP contribution >= 0.6 is 11.6 Å². The quantitative estimate of drug-likeness (QED) is 0.386. The summed E-state index contributed by atoms with van der Waals surface area (Å²) in [5, 5.41) is -0.0600. The number of methoxy groups -OCH3 is 1. The van der Waals surface area contributed by atoms with E-state index in [-0.39, 0.29) is 33.9 Å². The Morgan fingerprint density at radius 3 is 2.42 bits per heavy atom. The van der Waals surface area contributed by atoms with E-state index >= 15 is 0 Å². The fourth-order valence-electron chi connectivity index (χ4n) is 2.80. The first-order chi connectivity index (χ1) is 15.4. The largest absolute Gasteiger partial charge is 0.496 e. The standard InChI is InChI=1S/C20H15ClF7N3O2/c1-32-15-7-11(33-9-14-13(22)6-10(8-29-14)20(26,27)28)2-3-12(15)17-18(21)31-16(30-17)4-5-19(23,24)25/h2-3,6-8H,4-5,9H2,1H3,(H,30,31). The molecular formula is C20H15ClF7N3O2. The van der Waals surface area contributed by atoms with Gasteiger partial charge in [-0.1, -0.05) is 11.6 Å². The third-order valence-corrected chi connectivity index (χ3v) is 4.69. The Kier molecular flexibility index (Phi) is 7.06. The molecule has 5 nitrogen and oxygen atoms in total. The molecule has 0 saturated carbocycles. The van der Waals surface area contributed by atoms with Crippen LogP contribution in [-0.4, -0.2) is 28.2 Å². The van der Waals surface area contributed by atoms with Crippen molar-refractivity contribution in [3.63, 3.8) is 0 Å². The number of benzene rings is 1. The van der Waals surface area contributed by atoms with Gasteiger partial charge in [-0.25, -0.2) is 9.37 Å². The minimum atomic E-state index is -4.73. The fourth-order valence-corrected chi connectivity index (χ4v) is 3.05. The van der Waals surface area contributed by atoms with Gasteiger partial charge in [-0.15, -0.1) is 0 Å². The highest BCUT2D eigenvalue weighted by Crippen LogP contribution is 2.36. The Balaban J connectivity index is 1.76. The van der Waals surface area contributed by atoms with Gasteiger partial charge in [0.15, 0.2) is 5.15 Å². The predicted molar refractivity (Wildman–Crippen MR) is 103 cm³/mol. The van der Waals surface area contributed by atoms with Crippen LogP contribution in [-0.2, 0) is 19.2 Å². The van der Waals surface area contributed by atoms with Crippen LogP contribution in [0.25, 0.3) is 11.3 Å². The molecule has 33 heavy (non-hydrogen) atoms. The molecule has 2 heterocycles. The van der Waals surface area contributed by atoms with Crippen LogP contribution in [0.4, 0.5) is 30.7 Å². The van der Waals surface area contributed by atoms with E-state index in [4.69, 9.17) is 21.1 Å². The zero-order valence-corrected chi connectivity index (χ0v) is 17.5. The summed E-state index contributed by atoms with van der Waals surface area (Å²) in [6.07, 6.45) is -10.0. The molecule has 0 aliphatic heterocycles. The molecule has 0 unspecified atom stereocenters. The van der Waals surface area contributed by atoms with Crippen LogP contribution in [0.3, 0.4) is 0 Å². The molecule has 13 heteroatoms. The van der Waals surface area contributed by atoms with Gasteiger partial charge in [0, 0.05) is 24.2 Å². The number of hydrogen-bond acceptors (Lipinski definition) is 4. The number of halogens is 8. The van der Waals surface area contributed by atoms with Gasteiger partial charge in [0.05, 0.1) is 24.8 Å². The second kappa shape index (κ2) is 9.46. The molecule has 1 N–H and O–H groups in total. The molecule has 0 saturated heterocycles. The Hall–Kier alpha value is -3.02. The summed E-state index contributed by atoms with van der Waals surface area (Å²) in [6, 6.07) is 4.64. The van der Waals surface area contributed by atoms with Gasteiger partial charge in [-0.2, -0.15) is 26.3 Å². The Morgan fingerprint density at radius 2 is 1.82 bits per heavy atom. The van der Waals surface area contributed by atoms with Gasteiger partial charge in [-0.3, -0.25) is 4.98 Å². The third kappa shape index (κ3) is 6.28. The lowest BCUT2D eigenvalue weighted by atomic mass is 10.1. The Morgan fingerprint density at radius 1 is 1.09 bits per heavy atom. The van der Waals surface area contributed by atoms with Crippen molar-refractivity contribution in [2.24, 2.45) is 0 Å². The number of hydrogen-bond donors (Lipinski definition) is 1. The van der Waals surface area contributed by atoms with Gasteiger partial charge in [-0.05, 0) is 18.2 Å². The maximum Gasteiger partial charge on any atom is 0.417 e. The first-order valence-corrected chi connectivity index (χ1v) is 9.59. The highest BCUT2D eigenvalue weighted by atomic mass is 35.5. The lowest BCUT2D eigenvalue weighted by Gasteiger charge is -2.12. The third-order valence-electron chi connectivity index (χ3n) is 4.42. The number of H-pyrrole nitrogens is 1. The minimum Gasteiger partial charge on any atom is -0.496 e. The van der Waals surface area contributed by atoms with Crippen LogP contribution in [0.5, 0.6) is 11.5 Å². The average Bonchev–Trinajstić information content (AvgIpc) is 3.10. The molecule has 0 aliphatic carbocycles. The van der Waals surface area contributed by atoms with Crippen molar-refractivity contribution in [2.45, 2.75) is 31.8 Å². The highest BCUT2D eigenvalue weighted by molar-refractivity contribution is 6.32. The number of nitrogens with one attached hydrogen (secondary N) is 1. The fraction of sp³-hybridized carbons (Fsp3) is 0.300. The van der Waals surface area contributed by atoms with Crippen LogP contribution in [0.2, 0.25) is 5.15 Å². The number of alkyl halides is 6. The zero-order valence-electron chi connectivity index (χ0n) is 16.7. The molecule has 0 radical (unpaired) electrons. The number of pyridine rings is 1. The topological polar surface area (TPSA) is 60.0 Å². The van der Waals surface area contributed by atoms with E-state index in [1.807, 2.05) is 0 Å². The maximum atomic E-state index is 13.9. The molecule has 178 valence electrons. The van der Waals surface area contributed by atoms with Crippen LogP contribution in [0, 0.1) is 5.82 Å². The molecule has 0 bridgehead atoms. The van der Waals surface area contributed by atoms with E-state index in [0.717, 1.165) is 0 Å². The number of nitrogens with zero attached hydrogens (tertiary/aromatic N) is 2. The van der Waals surface area contributed by atoms with E-state index in [1.54, 1.807) is 0 Å². The average molecular weight is 498 g/mol. The lowest BCUT2D eigenvalue weighted by molar-refractivity contribution is -0.138. The molecule has 0 aliphatic rings. The van der Waals surface area contributed by atoms with Gasteiger partial charge in [0.25, 0.3) is 0 Å². The van der Waals surface area contributed by atoms with E-state index in [9.17, 15) is 30.7 Å². The molecule has 3 rings (SSSR count). The first-order valence-electron chi connectivity index (χ1n) is 9.21. The number of aromatic amines is 1. The van der Waals surface area contributed by atoms with E-state index in [0.29, 0.717) is 17.8 Å². The molecule has 0 amide bonds. The van der Waals surface area contributed by atoms with Gasteiger partial charge >= 0.3 is 12.4 Å². The van der Waals surface area contributed by atoms with Crippen molar-refractivity contribution in [3.8, 4) is 22.8 Å². The van der Waals surface area contributed by atoms with Crippen molar-refractivity contribution in [2.75, 3.05) is 7.11 Å². The zero-order chi connectivity index (χ0) is 24.4. The molecule has 0 fully saturated rings. The first kappa shape index (κ1) is 24.6. The van der Waals surface area contributed by atoms with Crippen molar-refractivity contribution in [3.05, 3.63) is 58.5 Å². The minimum absolute atomic E-state index is 0.0403. The molecule has 2 aromatic heterocycles. The van der Waals surface area contributed by atoms with Crippen molar-refractivity contribution < 1.29 is 40.2 Å². The molecule has 1 aromatic carbocycles. The molecule has 0 spiro atoms. The predicted octanol–water partition coefficient (Wildman–Crippen LogP) is 6.37. The van der Waals surface area contributed by atoms with E-state index in [1.165, 1.54) is 25.3 Å². The maximum absolute atomic E-state index is 13.9. The van der Waals surface area contributed by atoms with Gasteiger partial charge in [0.2, 0.25) is 0 Å². The number of aryl methyl sites for hydroxylation is 1. The number of ether oxygens (including phenoxy) is 2. The van der Waals surface area contributed by atoms with E-state index < -0.39 is 43.2 Å². The summed E-state index contributed by atoms with van der Waals surface area (Å²) in [4.78, 5) is 10.1. The SMILES string of the molecule is COc1cc(OCc2ncc(C(F)(F)F)cc2F)ccc1-c1[nH]c(CCC(F)(F)F)nc1Cl. The normalized spacial score (nSPS) is 12.2. The lowest BCUT2D eigenvalue weighted by Crippen LogP contribution is -2.09. The van der Waals surface area contributed by atoms with Crippen LogP contribution < -0.4 is 9.47 Å². The smallest absolute Gasteiger partial charge is 0.417 e. The van der Waals surface area contributed by atoms with Crippen molar-refractivity contribution >= 4 is 11.6 Å². The summed E-state index contributed by atoms with van der Waals surface area (Å²) >= 11 is 6.06. The number of imidazole rings is 1. The van der Waals surface area contributed by atoms with Crippen LogP contribution in [0.1, 0.15) is 23.5 Å². The second-order valence-corrected chi connectivity index (χ2v) is 7.12. The summed E-state index contributed by atoms with van der Waals surface area (Å²) in [7, 11) is 1.33. The summed E-state index contributed by atoms with van der Waals surface area (Å²) in [5.41, 5.74) is -0.954. The van der Waals surface area contributed by atoms with Crippen molar-refractivity contribution in [1.82, 2.24) is 15.0 Å². The molecular weight excluding hydrogens is 483 g/mol. The molecule has 3 aromatic rings. The second-order valence-electron chi connectivity index (χ2n) is 6.77. The summed E-state index contributed by atoms with van der Waals surface area (Å²) < 4.78 is 99.8. The number of rotatable bonds is 7. The Labute approximate surface area is 187 Å². The monoisotopic (exact) mass is 497 g/mol. The highest BCUT2D eigenvalue weighted by Gasteiger charge is 2.32. The number of aromatic nitrogens is 3. The van der Waals surface area contributed by atoms with Gasteiger partial charge in [0.1, 0.15) is 35.4 Å². The van der Waals surface area contributed by atoms with Crippen molar-refractivity contribution in [1.29, 1.82) is 0 Å². The molecule has 0 atom stereocenters. The summed E-state index contributed by atoms with van der Waals surface area (Å²) in [5.74, 6) is -0.756. The summed E-state index contributed by atoms with van der Waals surface area (Å²) in [6.45, 7) is -0.459. The van der Waals surface area contributed by atoms with Crippen LogP contribution in [0.15, 0.2) is 30.5 Å². The van der Waals surface area contributed by atoms with E-state index in [2.05, 4.69) is 15.0 Å². The Bertz CT molecular complexity index is 1130.